The number of halogens is 9. The quantitative estimate of drug-likeness (QED) is 0.216. The summed E-state index contributed by atoms with van der Waals surface area (Å²) in [5.74, 6) is -11.7. The first-order chi connectivity index (χ1) is 18.9. The highest BCUT2D eigenvalue weighted by Gasteiger charge is 2.47. The van der Waals surface area contributed by atoms with E-state index in [0.29, 0.717) is 18.6 Å². The van der Waals surface area contributed by atoms with E-state index < -0.39 is 87.4 Å². The van der Waals surface area contributed by atoms with Gasteiger partial charge >= 0.3 is 6.11 Å². The van der Waals surface area contributed by atoms with E-state index in [9.17, 15) is 26.3 Å². The molecule has 1 unspecified atom stereocenters. The van der Waals surface area contributed by atoms with Crippen LogP contribution in [0.4, 0.5) is 39.5 Å². The molecule has 0 spiro atoms. The second-order valence-corrected chi connectivity index (χ2v) is 9.36. The molecule has 11 heteroatoms. The van der Waals surface area contributed by atoms with Crippen LogP contribution in [0.1, 0.15) is 30.9 Å². The van der Waals surface area contributed by atoms with Crippen LogP contribution in [0, 0.1) is 40.7 Å². The standard InChI is InChI=1S/C29H19F9O2/c1-2-3-14-10-13-4-7-17(24(33)22(13)26(35)23(14)32)18-11-15-5-9-21(39-28(15)27(36)25(18)34)29(37,38)40-16-6-8-19(30)20(31)12-16/h4,6-8,10-12,21H,2-3,5,9H2,1H3. The molecule has 0 aromatic heterocycles. The summed E-state index contributed by atoms with van der Waals surface area (Å²) in [5.41, 5.74) is -1.25. The molecule has 0 aliphatic carbocycles. The van der Waals surface area contributed by atoms with Gasteiger partial charge in [-0.25, -0.2) is 26.3 Å². The van der Waals surface area contributed by atoms with Gasteiger partial charge in [0.15, 0.2) is 34.8 Å². The van der Waals surface area contributed by atoms with E-state index in [1.807, 2.05) is 0 Å². The van der Waals surface area contributed by atoms with Crippen LogP contribution in [-0.4, -0.2) is 12.2 Å². The fourth-order valence-corrected chi connectivity index (χ4v) is 4.75. The molecule has 0 saturated carbocycles. The van der Waals surface area contributed by atoms with Gasteiger partial charge in [-0.3, -0.25) is 0 Å². The topological polar surface area (TPSA) is 18.5 Å². The molecule has 2 nitrogen and oxygen atoms in total. The van der Waals surface area contributed by atoms with Crippen molar-refractivity contribution in [3.8, 4) is 22.6 Å². The average Bonchev–Trinajstić information content (AvgIpc) is 2.91. The first kappa shape index (κ1) is 27.7. The fraction of sp³-hybridized carbons (Fsp3) is 0.241. The van der Waals surface area contributed by atoms with Gasteiger partial charge in [0.25, 0.3) is 0 Å². The largest absolute Gasteiger partial charge is 0.476 e. The molecule has 0 amide bonds. The number of aryl methyl sites for hydroxylation is 2. The number of rotatable bonds is 6. The summed E-state index contributed by atoms with van der Waals surface area (Å²) in [6.45, 7) is 1.76. The van der Waals surface area contributed by atoms with Crippen LogP contribution in [0.3, 0.4) is 0 Å². The lowest BCUT2D eigenvalue weighted by atomic mass is 9.93. The van der Waals surface area contributed by atoms with Gasteiger partial charge in [0.1, 0.15) is 11.6 Å². The van der Waals surface area contributed by atoms with Crippen molar-refractivity contribution in [1.82, 2.24) is 0 Å². The van der Waals surface area contributed by atoms with E-state index in [-0.39, 0.29) is 29.4 Å². The van der Waals surface area contributed by atoms with E-state index >= 15 is 13.2 Å². The molecule has 0 radical (unpaired) electrons. The molecular formula is C29H19F9O2. The van der Waals surface area contributed by atoms with Gasteiger partial charge in [-0.2, -0.15) is 13.2 Å². The minimum Gasteiger partial charge on any atom is -0.476 e. The summed E-state index contributed by atoms with van der Waals surface area (Å²) in [7, 11) is 0. The molecule has 1 aliphatic heterocycles. The Bertz CT molecular complexity index is 1630. The molecule has 210 valence electrons. The second kappa shape index (κ2) is 10.3. The predicted octanol–water partition coefficient (Wildman–Crippen LogP) is 8.80. The monoisotopic (exact) mass is 570 g/mol. The molecule has 1 atom stereocenters. The molecular weight excluding hydrogens is 551 g/mol. The van der Waals surface area contributed by atoms with Gasteiger partial charge in [-0.15, -0.1) is 0 Å². The lowest BCUT2D eigenvalue weighted by Crippen LogP contribution is -2.45. The Morgan fingerprint density at radius 1 is 0.800 bits per heavy atom. The zero-order valence-corrected chi connectivity index (χ0v) is 20.7. The predicted molar refractivity (Wildman–Crippen MR) is 128 cm³/mol. The zero-order valence-electron chi connectivity index (χ0n) is 20.7. The number of fused-ring (bicyclic) bond motifs is 2. The number of alkyl halides is 2. The number of hydrogen-bond donors (Lipinski definition) is 0. The Hall–Kier alpha value is -3.89. The number of ether oxygens (including phenoxy) is 2. The minimum absolute atomic E-state index is 0.0249. The van der Waals surface area contributed by atoms with E-state index in [4.69, 9.17) is 4.74 Å². The molecule has 0 N–H and O–H groups in total. The van der Waals surface area contributed by atoms with Gasteiger partial charge in [-0.1, -0.05) is 25.5 Å². The van der Waals surface area contributed by atoms with Crippen molar-refractivity contribution >= 4 is 10.8 Å². The van der Waals surface area contributed by atoms with Gasteiger partial charge in [0.2, 0.25) is 11.9 Å². The third kappa shape index (κ3) is 4.71. The van der Waals surface area contributed by atoms with E-state index in [1.54, 1.807) is 6.92 Å². The molecule has 40 heavy (non-hydrogen) atoms. The van der Waals surface area contributed by atoms with Gasteiger partial charge in [0.05, 0.1) is 5.39 Å². The van der Waals surface area contributed by atoms with E-state index in [2.05, 4.69) is 4.74 Å². The maximum Gasteiger partial charge on any atom is 0.435 e. The molecule has 0 saturated heterocycles. The Kier molecular flexibility index (Phi) is 7.09. The average molecular weight is 570 g/mol. The Morgan fingerprint density at radius 3 is 2.25 bits per heavy atom. The normalized spacial score (nSPS) is 15.2. The Morgan fingerprint density at radius 2 is 1.55 bits per heavy atom. The zero-order chi connectivity index (χ0) is 28.9. The lowest BCUT2D eigenvalue weighted by Gasteiger charge is -2.32. The number of hydrogen-bond acceptors (Lipinski definition) is 2. The minimum atomic E-state index is -4.16. The first-order valence-corrected chi connectivity index (χ1v) is 12.2. The maximum absolute atomic E-state index is 15.4. The summed E-state index contributed by atoms with van der Waals surface area (Å²) in [4.78, 5) is 0. The van der Waals surface area contributed by atoms with Gasteiger partial charge in [-0.05, 0) is 60.0 Å². The van der Waals surface area contributed by atoms with E-state index in [1.165, 1.54) is 12.1 Å². The molecule has 0 bridgehead atoms. The fourth-order valence-electron chi connectivity index (χ4n) is 4.75. The molecule has 0 fully saturated rings. The van der Waals surface area contributed by atoms with Crippen LogP contribution >= 0.6 is 0 Å². The molecule has 1 aliphatic rings. The molecule has 5 rings (SSSR count). The molecule has 4 aromatic carbocycles. The van der Waals surface area contributed by atoms with Gasteiger partial charge < -0.3 is 9.47 Å². The Labute approximate surface area is 221 Å². The molecule has 1 heterocycles. The maximum atomic E-state index is 15.4. The van der Waals surface area contributed by atoms with Crippen LogP contribution in [0.5, 0.6) is 11.5 Å². The lowest BCUT2D eigenvalue weighted by molar-refractivity contribution is -0.235. The van der Waals surface area contributed by atoms with Crippen molar-refractivity contribution in [3.05, 3.63) is 94.3 Å². The van der Waals surface area contributed by atoms with Crippen LogP contribution < -0.4 is 9.47 Å². The molecule has 4 aromatic rings. The van der Waals surface area contributed by atoms with Crippen molar-refractivity contribution < 1.29 is 49.0 Å². The van der Waals surface area contributed by atoms with Crippen molar-refractivity contribution in [2.24, 2.45) is 0 Å². The van der Waals surface area contributed by atoms with Crippen LogP contribution in [0.25, 0.3) is 21.9 Å². The van der Waals surface area contributed by atoms with Crippen LogP contribution in [0.15, 0.2) is 42.5 Å². The van der Waals surface area contributed by atoms with Crippen molar-refractivity contribution in [3.63, 3.8) is 0 Å². The van der Waals surface area contributed by atoms with Crippen molar-refractivity contribution in [2.45, 2.75) is 44.8 Å². The smallest absolute Gasteiger partial charge is 0.435 e. The first-order valence-electron chi connectivity index (χ1n) is 12.2. The highest BCUT2D eigenvalue weighted by molar-refractivity contribution is 5.89. The van der Waals surface area contributed by atoms with Crippen LogP contribution in [0.2, 0.25) is 0 Å². The van der Waals surface area contributed by atoms with Crippen molar-refractivity contribution in [1.29, 1.82) is 0 Å². The highest BCUT2D eigenvalue weighted by atomic mass is 19.3. The SMILES string of the molecule is CCCc1cc2ccc(-c3cc4c(c(F)c3F)OC(C(F)(F)Oc3ccc(F)c(F)c3)CC4)c(F)c2c(F)c1F. The van der Waals surface area contributed by atoms with Crippen molar-refractivity contribution in [2.75, 3.05) is 0 Å². The Balaban J connectivity index is 1.50. The second-order valence-electron chi connectivity index (χ2n) is 9.36. The third-order valence-electron chi connectivity index (χ3n) is 6.70. The summed E-state index contributed by atoms with van der Waals surface area (Å²) < 4.78 is 141. The third-order valence-corrected chi connectivity index (χ3v) is 6.70. The summed E-state index contributed by atoms with van der Waals surface area (Å²) >= 11 is 0. The summed E-state index contributed by atoms with van der Waals surface area (Å²) in [6, 6.07) is 6.33. The highest BCUT2D eigenvalue weighted by Crippen LogP contribution is 2.42. The summed E-state index contributed by atoms with van der Waals surface area (Å²) in [5, 5.41) is -0.713. The van der Waals surface area contributed by atoms with Gasteiger partial charge in [0, 0.05) is 17.2 Å². The summed E-state index contributed by atoms with van der Waals surface area (Å²) in [6.07, 6.45) is -6.35. The van der Waals surface area contributed by atoms with E-state index in [0.717, 1.165) is 18.2 Å². The van der Waals surface area contributed by atoms with Crippen LogP contribution in [-0.2, 0) is 12.8 Å². The number of benzene rings is 4.